The van der Waals surface area contributed by atoms with Gasteiger partial charge in [-0.2, -0.15) is 0 Å². The van der Waals surface area contributed by atoms with Crippen LogP contribution in [0.25, 0.3) is 10.8 Å². The number of ether oxygens (including phenoxy) is 1. The number of carbonyl (C=O) groups excluding carboxylic acids is 4. The van der Waals surface area contributed by atoms with Crippen molar-refractivity contribution in [2.75, 3.05) is 11.1 Å². The number of hydrogen-bond donors (Lipinski definition) is 3. The second kappa shape index (κ2) is 9.56. The number of carbonyl (C=O) groups is 4. The van der Waals surface area contributed by atoms with Crippen molar-refractivity contribution < 1.29 is 23.9 Å². The molecule has 1 saturated heterocycles. The van der Waals surface area contributed by atoms with Crippen molar-refractivity contribution in [2.45, 2.75) is 30.4 Å². The number of thioether (sulfide) groups is 1. The molecule has 0 aromatic heterocycles. The highest BCUT2D eigenvalue weighted by molar-refractivity contribution is 7.99. The molecule has 8 nitrogen and oxygen atoms in total. The summed E-state index contributed by atoms with van der Waals surface area (Å²) in [5.41, 5.74) is -0.192. The van der Waals surface area contributed by atoms with Crippen LogP contribution in [0, 0.1) is 0 Å². The van der Waals surface area contributed by atoms with Gasteiger partial charge in [0.2, 0.25) is 0 Å². The lowest BCUT2D eigenvalue weighted by atomic mass is 10.1. The number of rotatable bonds is 7. The lowest BCUT2D eigenvalue weighted by Gasteiger charge is -2.20. The molecule has 0 unspecified atom stereocenters. The van der Waals surface area contributed by atoms with Gasteiger partial charge in [0.15, 0.2) is 6.10 Å². The van der Waals surface area contributed by atoms with Crippen LogP contribution in [-0.4, -0.2) is 41.2 Å². The second-order valence-electron chi connectivity index (χ2n) is 8.09. The Morgan fingerprint density at radius 2 is 1.74 bits per heavy atom. The molecule has 4 rings (SSSR count). The van der Waals surface area contributed by atoms with Gasteiger partial charge in [-0.05, 0) is 37.4 Å². The van der Waals surface area contributed by atoms with Crippen molar-refractivity contribution in [2.24, 2.45) is 0 Å². The summed E-state index contributed by atoms with van der Waals surface area (Å²) in [5.74, 6) is -1.32. The molecule has 0 radical (unpaired) electrons. The first-order chi connectivity index (χ1) is 16.3. The van der Waals surface area contributed by atoms with Crippen molar-refractivity contribution in [1.82, 2.24) is 10.6 Å². The number of hydrogen-bond acceptors (Lipinski definition) is 6. The molecule has 0 bridgehead atoms. The van der Waals surface area contributed by atoms with E-state index in [2.05, 4.69) is 16.0 Å². The van der Waals surface area contributed by atoms with E-state index in [0.717, 1.165) is 10.8 Å². The van der Waals surface area contributed by atoms with Gasteiger partial charge < -0.3 is 15.4 Å². The molecule has 3 aromatic rings. The van der Waals surface area contributed by atoms with E-state index in [4.69, 9.17) is 4.74 Å². The predicted octanol–water partition coefficient (Wildman–Crippen LogP) is 3.71. The van der Waals surface area contributed by atoms with E-state index >= 15 is 0 Å². The quantitative estimate of drug-likeness (QED) is 0.272. The van der Waals surface area contributed by atoms with Crippen LogP contribution in [0.2, 0.25) is 0 Å². The van der Waals surface area contributed by atoms with E-state index in [9.17, 15) is 19.2 Å². The zero-order valence-corrected chi connectivity index (χ0v) is 19.4. The number of benzene rings is 3. The number of anilines is 1. The SMILES string of the molecule is C[C@H](OC(=O)c1ccccc1SC[C@@]1(C)NC(=O)NC1=O)C(=O)Nc1cccc2ccccc12. The van der Waals surface area contributed by atoms with Gasteiger partial charge in [-0.1, -0.05) is 48.5 Å². The summed E-state index contributed by atoms with van der Waals surface area (Å²) in [7, 11) is 0. The molecule has 3 aromatic carbocycles. The molecule has 4 amide bonds. The van der Waals surface area contributed by atoms with Crippen LogP contribution >= 0.6 is 11.8 Å². The minimum absolute atomic E-state index is 0.214. The van der Waals surface area contributed by atoms with Crippen LogP contribution in [0.15, 0.2) is 71.6 Å². The van der Waals surface area contributed by atoms with Crippen LogP contribution in [0.4, 0.5) is 10.5 Å². The molecule has 174 valence electrons. The Hall–Kier alpha value is -3.85. The van der Waals surface area contributed by atoms with Crippen LogP contribution < -0.4 is 16.0 Å². The maximum atomic E-state index is 12.9. The van der Waals surface area contributed by atoms with Crippen LogP contribution in [0.3, 0.4) is 0 Å². The minimum atomic E-state index is -1.09. The summed E-state index contributed by atoms with van der Waals surface area (Å²) in [6.45, 7) is 3.12. The number of fused-ring (bicyclic) bond motifs is 1. The first-order valence-corrected chi connectivity index (χ1v) is 11.6. The Morgan fingerprint density at radius 3 is 2.50 bits per heavy atom. The average Bonchev–Trinajstić information content (AvgIpc) is 3.09. The van der Waals surface area contributed by atoms with Gasteiger partial charge in [0.05, 0.1) is 5.56 Å². The molecule has 0 spiro atoms. The van der Waals surface area contributed by atoms with E-state index in [1.54, 1.807) is 37.3 Å². The van der Waals surface area contributed by atoms with Gasteiger partial charge in [-0.3, -0.25) is 14.9 Å². The zero-order chi connectivity index (χ0) is 24.3. The van der Waals surface area contributed by atoms with Gasteiger partial charge >= 0.3 is 12.0 Å². The highest BCUT2D eigenvalue weighted by Crippen LogP contribution is 2.28. The first kappa shape index (κ1) is 23.3. The fraction of sp³-hybridized carbons (Fsp3) is 0.200. The van der Waals surface area contributed by atoms with E-state index in [-0.39, 0.29) is 11.3 Å². The summed E-state index contributed by atoms with van der Waals surface area (Å²) < 4.78 is 5.44. The molecule has 1 aliphatic rings. The van der Waals surface area contributed by atoms with Crippen molar-refractivity contribution in [3.8, 4) is 0 Å². The number of imide groups is 1. The lowest BCUT2D eigenvalue weighted by molar-refractivity contribution is -0.124. The van der Waals surface area contributed by atoms with Crippen LogP contribution in [-0.2, 0) is 14.3 Å². The molecule has 1 aliphatic heterocycles. The van der Waals surface area contributed by atoms with Crippen molar-refractivity contribution >= 4 is 52.0 Å². The zero-order valence-electron chi connectivity index (χ0n) is 18.6. The molecular weight excluding hydrogens is 454 g/mol. The molecule has 1 fully saturated rings. The third kappa shape index (κ3) is 4.89. The molecule has 1 heterocycles. The summed E-state index contributed by atoms with van der Waals surface area (Å²) in [6.07, 6.45) is -1.04. The van der Waals surface area contributed by atoms with Crippen LogP contribution in [0.5, 0.6) is 0 Å². The number of esters is 1. The van der Waals surface area contributed by atoms with Crippen molar-refractivity contribution in [1.29, 1.82) is 0 Å². The Bertz CT molecular complexity index is 1290. The number of urea groups is 1. The highest BCUT2D eigenvalue weighted by Gasteiger charge is 2.42. The molecular formula is C25H23N3O5S. The van der Waals surface area contributed by atoms with Gasteiger partial charge in [0.25, 0.3) is 11.8 Å². The van der Waals surface area contributed by atoms with Gasteiger partial charge in [0.1, 0.15) is 5.54 Å². The summed E-state index contributed by atoms with van der Waals surface area (Å²) in [6, 6.07) is 19.4. The van der Waals surface area contributed by atoms with Gasteiger partial charge in [-0.15, -0.1) is 11.8 Å². The van der Waals surface area contributed by atoms with E-state index in [0.29, 0.717) is 10.6 Å². The minimum Gasteiger partial charge on any atom is -0.449 e. The molecule has 0 saturated carbocycles. The smallest absolute Gasteiger partial charge is 0.340 e. The average molecular weight is 478 g/mol. The van der Waals surface area contributed by atoms with Gasteiger partial charge in [-0.25, -0.2) is 9.59 Å². The molecule has 0 aliphatic carbocycles. The third-order valence-electron chi connectivity index (χ3n) is 5.44. The summed E-state index contributed by atoms with van der Waals surface area (Å²) in [5, 5.41) is 9.50. The van der Waals surface area contributed by atoms with Crippen LogP contribution in [0.1, 0.15) is 24.2 Å². The fourth-order valence-corrected chi connectivity index (χ4v) is 4.64. The third-order valence-corrected chi connectivity index (χ3v) is 6.83. The Balaban J connectivity index is 1.43. The maximum absolute atomic E-state index is 12.9. The van der Waals surface area contributed by atoms with E-state index < -0.39 is 35.5 Å². The van der Waals surface area contributed by atoms with E-state index in [1.807, 2.05) is 36.4 Å². The Kier molecular flexibility index (Phi) is 6.56. The molecule has 2 atom stereocenters. The normalized spacial score (nSPS) is 18.2. The first-order valence-electron chi connectivity index (χ1n) is 10.6. The fourth-order valence-electron chi connectivity index (χ4n) is 3.51. The largest absolute Gasteiger partial charge is 0.449 e. The van der Waals surface area contributed by atoms with Gasteiger partial charge in [0, 0.05) is 21.7 Å². The molecule has 34 heavy (non-hydrogen) atoms. The topological polar surface area (TPSA) is 114 Å². The number of amides is 4. The highest BCUT2D eigenvalue weighted by atomic mass is 32.2. The monoisotopic (exact) mass is 477 g/mol. The Labute approximate surface area is 200 Å². The summed E-state index contributed by atoms with van der Waals surface area (Å²) >= 11 is 1.24. The maximum Gasteiger partial charge on any atom is 0.340 e. The predicted molar refractivity (Wildman–Crippen MR) is 130 cm³/mol. The molecule has 3 N–H and O–H groups in total. The van der Waals surface area contributed by atoms with Crippen molar-refractivity contribution in [3.63, 3.8) is 0 Å². The van der Waals surface area contributed by atoms with Crippen molar-refractivity contribution in [3.05, 3.63) is 72.3 Å². The molecule has 9 heteroatoms. The van der Waals surface area contributed by atoms with E-state index in [1.165, 1.54) is 18.7 Å². The number of nitrogens with one attached hydrogen (secondary N) is 3. The summed E-state index contributed by atoms with van der Waals surface area (Å²) in [4.78, 5) is 49.7. The Morgan fingerprint density at radius 1 is 1.03 bits per heavy atom. The second-order valence-corrected chi connectivity index (χ2v) is 9.11. The lowest BCUT2D eigenvalue weighted by Crippen LogP contribution is -2.46. The standard InChI is InChI=1S/C25H23N3O5S/c1-15(21(29)26-19-12-7-9-16-8-3-4-10-17(16)19)33-22(30)18-11-5-6-13-20(18)34-14-25(2)23(31)27-24(32)28-25/h3-13,15H,14H2,1-2H3,(H,26,29)(H2,27,28,31,32)/t15-,25+/m0/s1.